The van der Waals surface area contributed by atoms with Crippen LogP contribution in [0.25, 0.3) is 10.2 Å². The molecule has 0 aliphatic rings. The lowest BCUT2D eigenvalue weighted by Gasteiger charge is -2.13. The van der Waals surface area contributed by atoms with Crippen molar-refractivity contribution >= 4 is 45.7 Å². The summed E-state index contributed by atoms with van der Waals surface area (Å²) in [6.45, 7) is 3.59. The molecule has 0 fully saturated rings. The van der Waals surface area contributed by atoms with Crippen LogP contribution in [0.3, 0.4) is 0 Å². The Balaban J connectivity index is 2.45. The van der Waals surface area contributed by atoms with E-state index in [4.69, 9.17) is 0 Å². The molecule has 0 bridgehead atoms. The summed E-state index contributed by atoms with van der Waals surface area (Å²) >= 11 is 1.57. The average molecular weight is 332 g/mol. The molecule has 0 spiro atoms. The van der Waals surface area contributed by atoms with E-state index in [9.17, 15) is 9.90 Å². The molecule has 0 aliphatic carbocycles. The minimum atomic E-state index is -0.626. The highest BCUT2D eigenvalue weighted by atomic mass is 32.1. The van der Waals surface area contributed by atoms with Crippen molar-refractivity contribution in [2.75, 3.05) is 19.0 Å². The first-order valence-corrected chi connectivity index (χ1v) is 7.94. The first-order valence-electron chi connectivity index (χ1n) is 7.12. The van der Waals surface area contributed by atoms with Gasteiger partial charge in [-0.05, 0) is 26.0 Å². The van der Waals surface area contributed by atoms with E-state index in [0.717, 1.165) is 26.5 Å². The Morgan fingerprint density at radius 3 is 2.78 bits per heavy atom. The molecule has 2 rings (SSSR count). The topological polar surface area (TPSA) is 69.0 Å². The summed E-state index contributed by atoms with van der Waals surface area (Å²) in [6, 6.07) is 1.94. The molecule has 23 heavy (non-hydrogen) atoms. The van der Waals surface area contributed by atoms with E-state index in [1.54, 1.807) is 24.5 Å². The molecule has 7 heteroatoms. The number of aliphatic hydroxyl groups excluding tert-OH is 1. The zero-order valence-electron chi connectivity index (χ0n) is 13.6. The van der Waals surface area contributed by atoms with Crippen LogP contribution in [-0.2, 0) is 4.79 Å². The normalized spacial score (nSPS) is 13.1. The molecule has 2 heterocycles. The van der Waals surface area contributed by atoms with Gasteiger partial charge in [-0.3, -0.25) is 9.69 Å². The Bertz CT molecular complexity index is 750. The number of aliphatic hydroxyl groups is 1. The van der Waals surface area contributed by atoms with Crippen molar-refractivity contribution in [3.63, 3.8) is 0 Å². The molecule has 2 aromatic heterocycles. The largest absolute Gasteiger partial charge is 0.389 e. The summed E-state index contributed by atoms with van der Waals surface area (Å²) in [5.41, 5.74) is 1.84. The van der Waals surface area contributed by atoms with Crippen LogP contribution in [0.2, 0.25) is 0 Å². The van der Waals surface area contributed by atoms with Gasteiger partial charge in [-0.1, -0.05) is 0 Å². The van der Waals surface area contributed by atoms with Crippen LogP contribution in [0.1, 0.15) is 11.8 Å². The molecule has 1 unspecified atom stereocenters. The van der Waals surface area contributed by atoms with Gasteiger partial charge in [0.05, 0.1) is 22.9 Å². The number of pyridine rings is 1. The van der Waals surface area contributed by atoms with Gasteiger partial charge in [-0.2, -0.15) is 0 Å². The number of hydrogen-bond acceptors (Lipinski definition) is 6. The minimum absolute atomic E-state index is 0.626. The van der Waals surface area contributed by atoms with Gasteiger partial charge in [0.25, 0.3) is 0 Å². The van der Waals surface area contributed by atoms with Crippen LogP contribution in [0.5, 0.6) is 0 Å². The highest BCUT2D eigenvalue weighted by Crippen LogP contribution is 2.41. The summed E-state index contributed by atoms with van der Waals surface area (Å²) in [7, 11) is 3.94. The van der Waals surface area contributed by atoms with Crippen LogP contribution < -0.4 is 4.90 Å². The monoisotopic (exact) mass is 332 g/mol. The predicted molar refractivity (Wildman–Crippen MR) is 95.6 cm³/mol. The zero-order valence-corrected chi connectivity index (χ0v) is 14.4. The van der Waals surface area contributed by atoms with Crippen LogP contribution in [-0.4, -0.2) is 47.9 Å². The molecule has 0 aromatic carbocycles. The van der Waals surface area contributed by atoms with Crippen molar-refractivity contribution in [1.82, 2.24) is 9.88 Å². The second kappa shape index (κ2) is 7.34. The number of hydrogen-bond donors (Lipinski definition) is 1. The van der Waals surface area contributed by atoms with E-state index in [0.29, 0.717) is 6.41 Å². The fourth-order valence-corrected chi connectivity index (χ4v) is 3.04. The number of aromatic nitrogens is 1. The van der Waals surface area contributed by atoms with Gasteiger partial charge in [-0.15, -0.1) is 11.3 Å². The lowest BCUT2D eigenvalue weighted by molar-refractivity contribution is -0.113. The van der Waals surface area contributed by atoms with E-state index in [2.05, 4.69) is 9.98 Å². The number of aryl methyl sites for hydroxylation is 1. The third kappa shape index (κ3) is 3.94. The van der Waals surface area contributed by atoms with E-state index < -0.39 is 6.10 Å². The second-order valence-corrected chi connectivity index (χ2v) is 6.49. The molecule has 2 aromatic rings. The summed E-state index contributed by atoms with van der Waals surface area (Å²) in [6.07, 6.45) is 6.22. The molecule has 0 radical (unpaired) electrons. The molecule has 0 saturated heterocycles. The van der Waals surface area contributed by atoms with Gasteiger partial charge in [0.15, 0.2) is 0 Å². The molecule has 122 valence electrons. The van der Waals surface area contributed by atoms with Gasteiger partial charge >= 0.3 is 0 Å². The smallest absolute Gasteiger partial charge is 0.218 e. The first-order chi connectivity index (χ1) is 10.9. The van der Waals surface area contributed by atoms with Crippen LogP contribution in [0, 0.1) is 6.92 Å². The molecular weight excluding hydrogens is 312 g/mol. The summed E-state index contributed by atoms with van der Waals surface area (Å²) in [5.74, 6) is 0. The number of aliphatic imine (C=N–C) groups is 1. The van der Waals surface area contributed by atoms with Gasteiger partial charge < -0.3 is 10.0 Å². The number of carbonyl (C=O) groups is 1. The van der Waals surface area contributed by atoms with Crippen molar-refractivity contribution in [2.24, 2.45) is 4.99 Å². The van der Waals surface area contributed by atoms with E-state index >= 15 is 0 Å². The number of nitrogens with zero attached hydrogens (tertiary/aromatic N) is 4. The minimum Gasteiger partial charge on any atom is -0.389 e. The Morgan fingerprint density at radius 2 is 2.17 bits per heavy atom. The Morgan fingerprint density at radius 1 is 1.43 bits per heavy atom. The number of fused-ring (bicyclic) bond motifs is 1. The quantitative estimate of drug-likeness (QED) is 0.502. The van der Waals surface area contributed by atoms with Crippen molar-refractivity contribution in [3.8, 4) is 0 Å². The fraction of sp³-hybridized carbons (Fsp3) is 0.312. The van der Waals surface area contributed by atoms with Gasteiger partial charge in [0, 0.05) is 31.4 Å². The number of anilines is 1. The van der Waals surface area contributed by atoms with Crippen molar-refractivity contribution in [3.05, 3.63) is 29.4 Å². The SMILES string of the molecule is Cc1sc2nccc(N(C)C)c2c1N=CN(C=O)/C=C/C(C)O. The zero-order chi connectivity index (χ0) is 17.0. The molecule has 0 saturated carbocycles. The third-order valence-electron chi connectivity index (χ3n) is 3.17. The third-order valence-corrected chi connectivity index (χ3v) is 4.18. The van der Waals surface area contributed by atoms with Gasteiger partial charge in [0.1, 0.15) is 11.2 Å². The number of rotatable bonds is 6. The maximum Gasteiger partial charge on any atom is 0.218 e. The van der Waals surface area contributed by atoms with Crippen molar-refractivity contribution < 1.29 is 9.90 Å². The lowest BCUT2D eigenvalue weighted by Crippen LogP contribution is -2.13. The Labute approximate surface area is 139 Å². The van der Waals surface area contributed by atoms with Crippen LogP contribution in [0.4, 0.5) is 11.4 Å². The number of carbonyl (C=O) groups excluding carboxylic acids is 1. The molecular formula is C16H20N4O2S. The van der Waals surface area contributed by atoms with Crippen molar-refractivity contribution in [1.29, 1.82) is 0 Å². The molecule has 1 amide bonds. The summed E-state index contributed by atoms with van der Waals surface area (Å²) < 4.78 is 0. The van der Waals surface area contributed by atoms with Crippen LogP contribution in [0.15, 0.2) is 29.5 Å². The summed E-state index contributed by atoms with van der Waals surface area (Å²) in [4.78, 5) is 25.2. The fourth-order valence-electron chi connectivity index (χ4n) is 2.08. The van der Waals surface area contributed by atoms with Gasteiger partial charge in [0.2, 0.25) is 6.41 Å². The standard InChI is InChI=1S/C16H20N4O2S/c1-11(22)6-8-20(10-21)9-18-15-12(2)23-16-14(15)13(19(3)4)5-7-17-16/h5-11,22H,1-4H3/b8-6+,18-9?. The van der Waals surface area contributed by atoms with E-state index in [-0.39, 0.29) is 0 Å². The summed E-state index contributed by atoms with van der Waals surface area (Å²) in [5, 5.41) is 10.2. The molecule has 1 N–H and O–H groups in total. The lowest BCUT2D eigenvalue weighted by atomic mass is 10.2. The predicted octanol–water partition coefficient (Wildman–Crippen LogP) is 2.68. The maximum atomic E-state index is 11.1. The Hall–Kier alpha value is -2.25. The first kappa shape index (κ1) is 17.1. The van der Waals surface area contributed by atoms with E-state index in [1.807, 2.05) is 32.0 Å². The Kier molecular flexibility index (Phi) is 5.46. The highest BCUT2D eigenvalue weighted by Gasteiger charge is 2.14. The number of thiophene rings is 1. The number of amides is 1. The van der Waals surface area contributed by atoms with E-state index in [1.165, 1.54) is 23.5 Å². The molecule has 0 aliphatic heterocycles. The van der Waals surface area contributed by atoms with Crippen molar-refractivity contribution in [2.45, 2.75) is 20.0 Å². The molecule has 1 atom stereocenters. The highest BCUT2D eigenvalue weighted by molar-refractivity contribution is 7.19. The average Bonchev–Trinajstić information content (AvgIpc) is 2.82. The van der Waals surface area contributed by atoms with Crippen LogP contribution >= 0.6 is 11.3 Å². The maximum absolute atomic E-state index is 11.1. The second-order valence-electron chi connectivity index (χ2n) is 5.29. The molecule has 6 nitrogen and oxygen atoms in total. The van der Waals surface area contributed by atoms with Gasteiger partial charge in [-0.25, -0.2) is 9.98 Å².